The molecule has 2 amide bonds. The van der Waals surface area contributed by atoms with E-state index in [0.717, 1.165) is 43.2 Å². The van der Waals surface area contributed by atoms with Gasteiger partial charge in [0.2, 0.25) is 11.8 Å². The number of hydrogen-bond donors (Lipinski definition) is 1. The highest BCUT2D eigenvalue weighted by Crippen LogP contribution is 2.29. The number of methoxy groups -OCH3 is 2. The fourth-order valence-electron chi connectivity index (χ4n) is 5.58. The molecule has 0 radical (unpaired) electrons. The molecule has 0 bridgehead atoms. The van der Waals surface area contributed by atoms with Crippen LogP contribution in [0.25, 0.3) is 11.0 Å². The second-order valence-electron chi connectivity index (χ2n) is 10.6. The van der Waals surface area contributed by atoms with Crippen LogP contribution in [-0.2, 0) is 22.6 Å². The van der Waals surface area contributed by atoms with E-state index in [-0.39, 0.29) is 30.9 Å². The van der Waals surface area contributed by atoms with Gasteiger partial charge >= 0.3 is 0 Å². The fourth-order valence-corrected chi connectivity index (χ4v) is 5.58. The summed E-state index contributed by atoms with van der Waals surface area (Å²) in [7, 11) is 3.14. The van der Waals surface area contributed by atoms with Crippen molar-refractivity contribution < 1.29 is 23.5 Å². The predicted octanol–water partition coefficient (Wildman–Crippen LogP) is 4.85. The van der Waals surface area contributed by atoms with Gasteiger partial charge in [0.05, 0.1) is 19.7 Å². The highest BCUT2D eigenvalue weighted by Gasteiger charge is 2.33. The van der Waals surface area contributed by atoms with Crippen molar-refractivity contribution in [3.8, 4) is 11.5 Å². The zero-order valence-corrected chi connectivity index (χ0v) is 24.0. The summed E-state index contributed by atoms with van der Waals surface area (Å²) in [6.07, 6.45) is 5.48. The zero-order chi connectivity index (χ0) is 29.5. The second-order valence-corrected chi connectivity index (χ2v) is 10.6. The molecule has 1 aliphatic carbocycles. The Hall–Kier alpha value is -4.47. The number of nitrogens with zero attached hydrogens (tertiary/aromatic N) is 4. The molecule has 4 aromatic rings. The maximum absolute atomic E-state index is 14.1. The molecule has 220 valence electrons. The summed E-state index contributed by atoms with van der Waals surface area (Å²) >= 11 is 0. The summed E-state index contributed by atoms with van der Waals surface area (Å²) in [5, 5.41) is 11.6. The molecule has 1 N–H and O–H groups in total. The van der Waals surface area contributed by atoms with Crippen LogP contribution in [0.2, 0.25) is 0 Å². The molecule has 0 aliphatic heterocycles. The number of benzene rings is 3. The van der Waals surface area contributed by atoms with Gasteiger partial charge in [0.25, 0.3) is 0 Å². The first-order valence-electron chi connectivity index (χ1n) is 14.3. The van der Waals surface area contributed by atoms with Crippen molar-refractivity contribution in [2.24, 2.45) is 0 Å². The van der Waals surface area contributed by atoms with Gasteiger partial charge in [-0.25, -0.2) is 9.07 Å². The number of carbonyl (C=O) groups excluding carboxylic acids is 2. The van der Waals surface area contributed by atoms with E-state index in [0.29, 0.717) is 29.0 Å². The van der Waals surface area contributed by atoms with Gasteiger partial charge in [0, 0.05) is 12.6 Å². The summed E-state index contributed by atoms with van der Waals surface area (Å²) in [5.41, 5.74) is 2.83. The number of halogens is 1. The Kier molecular flexibility index (Phi) is 9.31. The lowest BCUT2D eigenvalue weighted by atomic mass is 9.94. The molecule has 1 aliphatic rings. The molecule has 3 aromatic carbocycles. The van der Waals surface area contributed by atoms with Gasteiger partial charge in [-0.2, -0.15) is 0 Å². The number of ether oxygens (including phenoxy) is 2. The van der Waals surface area contributed by atoms with E-state index in [2.05, 4.69) is 15.6 Å². The van der Waals surface area contributed by atoms with Crippen LogP contribution in [0.4, 0.5) is 4.39 Å². The molecule has 1 fully saturated rings. The number of amides is 2. The molecule has 9 nitrogen and oxygen atoms in total. The summed E-state index contributed by atoms with van der Waals surface area (Å²) < 4.78 is 26.3. The maximum atomic E-state index is 14.1. The zero-order valence-electron chi connectivity index (χ0n) is 24.0. The Morgan fingerprint density at radius 3 is 2.48 bits per heavy atom. The van der Waals surface area contributed by atoms with Gasteiger partial charge in [-0.15, -0.1) is 5.10 Å². The molecule has 10 heteroatoms. The van der Waals surface area contributed by atoms with Crippen molar-refractivity contribution in [2.45, 2.75) is 57.2 Å². The second kappa shape index (κ2) is 13.5. The Morgan fingerprint density at radius 1 is 1.00 bits per heavy atom. The van der Waals surface area contributed by atoms with E-state index >= 15 is 0 Å². The van der Waals surface area contributed by atoms with Gasteiger partial charge in [0.1, 0.15) is 23.9 Å². The largest absolute Gasteiger partial charge is 0.493 e. The number of fused-ring (bicyclic) bond motifs is 1. The van der Waals surface area contributed by atoms with Crippen molar-refractivity contribution in [2.75, 3.05) is 20.8 Å². The third-order valence-corrected chi connectivity index (χ3v) is 7.81. The molecule has 0 spiro atoms. The Morgan fingerprint density at radius 2 is 1.74 bits per heavy atom. The molecular weight excluding hydrogens is 537 g/mol. The number of nitrogens with one attached hydrogen (secondary N) is 1. The lowest BCUT2D eigenvalue weighted by molar-refractivity contribution is -0.141. The van der Waals surface area contributed by atoms with Crippen molar-refractivity contribution in [1.82, 2.24) is 25.2 Å². The van der Waals surface area contributed by atoms with Crippen LogP contribution in [0.3, 0.4) is 0 Å². The lowest BCUT2D eigenvalue weighted by Crippen LogP contribution is -2.48. The first-order chi connectivity index (χ1) is 20.5. The van der Waals surface area contributed by atoms with E-state index in [1.807, 2.05) is 42.5 Å². The van der Waals surface area contributed by atoms with Gasteiger partial charge in [-0.1, -0.05) is 54.8 Å². The van der Waals surface area contributed by atoms with Crippen molar-refractivity contribution >= 4 is 22.8 Å². The molecular formula is C32H36FN5O4. The average molecular weight is 574 g/mol. The Labute approximate surface area is 244 Å². The van der Waals surface area contributed by atoms with Gasteiger partial charge in [-0.3, -0.25) is 9.59 Å². The van der Waals surface area contributed by atoms with Crippen LogP contribution in [0.15, 0.2) is 66.7 Å². The van der Waals surface area contributed by atoms with E-state index in [4.69, 9.17) is 9.47 Å². The van der Waals surface area contributed by atoms with E-state index < -0.39 is 11.9 Å². The molecule has 1 aromatic heterocycles. The van der Waals surface area contributed by atoms with E-state index in [9.17, 15) is 14.0 Å². The standard InChI is InChI=1S/C32H36FN5O4/c1-41-28-17-12-22(20-29(28)42-2)18-19-37(30(39)21-38-27-11-7-6-10-26(27)35-36-38)31(23-13-15-24(33)16-14-23)32(40)34-25-8-4-3-5-9-25/h6-7,10-17,20,25,31H,3-5,8-9,18-19,21H2,1-2H3,(H,34,40)/t31-/m0/s1. The maximum Gasteiger partial charge on any atom is 0.247 e. The quantitative estimate of drug-likeness (QED) is 0.276. The minimum absolute atomic E-state index is 0.0382. The van der Waals surface area contributed by atoms with Crippen molar-refractivity contribution in [3.63, 3.8) is 0 Å². The summed E-state index contributed by atoms with van der Waals surface area (Å²) in [6, 6.07) is 17.8. The van der Waals surface area contributed by atoms with Crippen LogP contribution in [0.5, 0.6) is 11.5 Å². The molecule has 1 atom stereocenters. The van der Waals surface area contributed by atoms with Crippen LogP contribution in [0.1, 0.15) is 49.3 Å². The summed E-state index contributed by atoms with van der Waals surface area (Å²) in [6.45, 7) is 0.113. The van der Waals surface area contributed by atoms with Gasteiger partial charge in [0.15, 0.2) is 11.5 Å². The van der Waals surface area contributed by atoms with Crippen LogP contribution in [0, 0.1) is 5.82 Å². The number of aromatic nitrogens is 3. The fraction of sp³-hybridized carbons (Fsp3) is 0.375. The highest BCUT2D eigenvalue weighted by atomic mass is 19.1. The SMILES string of the molecule is COc1ccc(CCN(C(=O)Cn2nnc3ccccc32)[C@H](C(=O)NC2CCCCC2)c2ccc(F)cc2)cc1OC. The van der Waals surface area contributed by atoms with Crippen LogP contribution in [-0.4, -0.2) is 58.5 Å². The number of para-hydroxylation sites is 1. The van der Waals surface area contributed by atoms with Crippen molar-refractivity contribution in [3.05, 3.63) is 83.7 Å². The minimum atomic E-state index is -0.963. The van der Waals surface area contributed by atoms with Crippen LogP contribution < -0.4 is 14.8 Å². The lowest BCUT2D eigenvalue weighted by Gasteiger charge is -2.33. The van der Waals surface area contributed by atoms with Crippen molar-refractivity contribution in [1.29, 1.82) is 0 Å². The molecule has 42 heavy (non-hydrogen) atoms. The van der Waals surface area contributed by atoms with Gasteiger partial charge < -0.3 is 19.7 Å². The highest BCUT2D eigenvalue weighted by molar-refractivity contribution is 5.89. The van der Waals surface area contributed by atoms with E-state index in [1.165, 1.54) is 12.1 Å². The normalized spacial score (nSPS) is 14.4. The third-order valence-electron chi connectivity index (χ3n) is 7.81. The average Bonchev–Trinajstić information content (AvgIpc) is 3.42. The smallest absolute Gasteiger partial charge is 0.247 e. The summed E-state index contributed by atoms with van der Waals surface area (Å²) in [5.74, 6) is 0.176. The Balaban J connectivity index is 1.49. The third kappa shape index (κ3) is 6.70. The van der Waals surface area contributed by atoms with E-state index in [1.54, 1.807) is 35.9 Å². The number of rotatable bonds is 11. The Bertz CT molecular complexity index is 1520. The molecule has 0 saturated heterocycles. The monoisotopic (exact) mass is 573 g/mol. The predicted molar refractivity (Wildman–Crippen MR) is 157 cm³/mol. The number of carbonyl (C=O) groups is 2. The van der Waals surface area contributed by atoms with Crippen LogP contribution >= 0.6 is 0 Å². The first-order valence-corrected chi connectivity index (χ1v) is 14.3. The molecule has 0 unspecified atom stereocenters. The molecule has 1 heterocycles. The van der Waals surface area contributed by atoms with Gasteiger partial charge in [-0.05, 0) is 66.8 Å². The summed E-state index contributed by atoms with van der Waals surface area (Å²) in [4.78, 5) is 29.7. The number of hydrogen-bond acceptors (Lipinski definition) is 6. The molecule has 5 rings (SSSR count). The topological polar surface area (TPSA) is 98.6 Å². The molecule has 1 saturated carbocycles. The first kappa shape index (κ1) is 29.0. The minimum Gasteiger partial charge on any atom is -0.493 e.